The zero-order valence-corrected chi connectivity index (χ0v) is 11.9. The molecule has 94 valence electrons. The second-order valence-electron chi connectivity index (χ2n) is 3.63. The third-order valence-corrected chi connectivity index (χ3v) is 3.60. The van der Waals surface area contributed by atoms with E-state index in [9.17, 15) is 10.1 Å². The van der Waals surface area contributed by atoms with E-state index in [1.165, 1.54) is 6.07 Å². The van der Waals surface area contributed by atoms with Gasteiger partial charge in [-0.15, -0.1) is 11.3 Å². The average Bonchev–Trinajstić information content (AvgIpc) is 2.72. The van der Waals surface area contributed by atoms with Crippen molar-refractivity contribution in [3.63, 3.8) is 0 Å². The van der Waals surface area contributed by atoms with Gasteiger partial charge in [0.1, 0.15) is 5.69 Å². The highest BCUT2D eigenvalue weighted by Gasteiger charge is 2.13. The predicted molar refractivity (Wildman–Crippen MR) is 75.0 cm³/mol. The number of aromatic nitrogens is 1. The SMILES string of the molecule is Cc1nc(CNc2cc(Br)ccc2[N+](=O)[O-])cs1. The molecular formula is C11H10BrN3O2S. The van der Waals surface area contributed by atoms with E-state index in [0.717, 1.165) is 15.2 Å². The number of anilines is 1. The zero-order valence-electron chi connectivity index (χ0n) is 9.51. The minimum absolute atomic E-state index is 0.0603. The molecule has 1 aromatic carbocycles. The van der Waals surface area contributed by atoms with Crippen LogP contribution in [0.5, 0.6) is 0 Å². The lowest BCUT2D eigenvalue weighted by molar-refractivity contribution is -0.384. The topological polar surface area (TPSA) is 68.1 Å². The first-order chi connectivity index (χ1) is 8.56. The minimum Gasteiger partial charge on any atom is -0.374 e. The number of halogens is 1. The molecule has 18 heavy (non-hydrogen) atoms. The second kappa shape index (κ2) is 5.45. The van der Waals surface area contributed by atoms with Gasteiger partial charge >= 0.3 is 0 Å². The van der Waals surface area contributed by atoms with Crippen molar-refractivity contribution in [2.75, 3.05) is 5.32 Å². The molecule has 0 saturated carbocycles. The number of nitrogens with one attached hydrogen (secondary N) is 1. The molecule has 7 heteroatoms. The predicted octanol–water partition coefficient (Wildman–Crippen LogP) is 3.73. The number of aryl methyl sites for hydroxylation is 1. The Labute approximate surface area is 116 Å². The first-order valence-electron chi connectivity index (χ1n) is 5.15. The average molecular weight is 328 g/mol. The molecule has 1 N–H and O–H groups in total. The third-order valence-electron chi connectivity index (χ3n) is 2.28. The molecule has 0 spiro atoms. The summed E-state index contributed by atoms with van der Waals surface area (Å²) in [5, 5.41) is 16.8. The van der Waals surface area contributed by atoms with Gasteiger partial charge in [-0.25, -0.2) is 4.98 Å². The summed E-state index contributed by atoms with van der Waals surface area (Å²) in [7, 11) is 0. The first-order valence-corrected chi connectivity index (χ1v) is 6.82. The summed E-state index contributed by atoms with van der Waals surface area (Å²) in [4.78, 5) is 14.8. The highest BCUT2D eigenvalue weighted by Crippen LogP contribution is 2.28. The Balaban J connectivity index is 2.17. The molecule has 2 rings (SSSR count). The quantitative estimate of drug-likeness (QED) is 0.686. The van der Waals surface area contributed by atoms with Gasteiger partial charge in [0, 0.05) is 15.9 Å². The van der Waals surface area contributed by atoms with Gasteiger partial charge in [-0.05, 0) is 19.1 Å². The number of nitro groups is 1. The Morgan fingerprint density at radius 1 is 1.56 bits per heavy atom. The molecule has 1 heterocycles. The summed E-state index contributed by atoms with van der Waals surface area (Å²) in [6, 6.07) is 4.81. The van der Waals surface area contributed by atoms with Crippen LogP contribution in [-0.2, 0) is 6.54 Å². The Morgan fingerprint density at radius 3 is 2.94 bits per heavy atom. The van der Waals surface area contributed by atoms with Crippen LogP contribution in [0.1, 0.15) is 10.7 Å². The van der Waals surface area contributed by atoms with E-state index >= 15 is 0 Å². The Bertz CT molecular complexity index is 585. The van der Waals surface area contributed by atoms with Crippen molar-refractivity contribution >= 4 is 38.6 Å². The third kappa shape index (κ3) is 3.05. The van der Waals surface area contributed by atoms with Crippen molar-refractivity contribution in [3.05, 3.63) is 48.9 Å². The van der Waals surface area contributed by atoms with Crippen LogP contribution < -0.4 is 5.32 Å². The molecular weight excluding hydrogens is 318 g/mol. The fourth-order valence-electron chi connectivity index (χ4n) is 1.48. The Kier molecular flexibility index (Phi) is 3.93. The minimum atomic E-state index is -0.402. The fraction of sp³-hybridized carbons (Fsp3) is 0.182. The van der Waals surface area contributed by atoms with Crippen molar-refractivity contribution in [1.82, 2.24) is 4.98 Å². The maximum atomic E-state index is 10.9. The maximum absolute atomic E-state index is 10.9. The molecule has 0 aliphatic rings. The van der Waals surface area contributed by atoms with Crippen molar-refractivity contribution in [1.29, 1.82) is 0 Å². The van der Waals surface area contributed by atoms with Crippen LogP contribution in [-0.4, -0.2) is 9.91 Å². The van der Waals surface area contributed by atoms with Gasteiger partial charge in [-0.2, -0.15) is 0 Å². The van der Waals surface area contributed by atoms with E-state index in [1.807, 2.05) is 12.3 Å². The summed E-state index contributed by atoms with van der Waals surface area (Å²) in [6.07, 6.45) is 0. The number of nitro benzene ring substituents is 1. The molecule has 0 bridgehead atoms. The molecule has 1 aromatic heterocycles. The van der Waals surface area contributed by atoms with Gasteiger partial charge in [0.05, 0.1) is 22.2 Å². The molecule has 0 atom stereocenters. The monoisotopic (exact) mass is 327 g/mol. The van der Waals surface area contributed by atoms with Gasteiger partial charge in [-0.3, -0.25) is 10.1 Å². The lowest BCUT2D eigenvalue weighted by Gasteiger charge is -2.05. The van der Waals surface area contributed by atoms with Crippen LogP contribution in [0, 0.1) is 17.0 Å². The van der Waals surface area contributed by atoms with Crippen molar-refractivity contribution < 1.29 is 4.92 Å². The summed E-state index contributed by atoms with van der Waals surface area (Å²) in [5.74, 6) is 0. The fourth-order valence-corrected chi connectivity index (χ4v) is 2.46. The van der Waals surface area contributed by atoms with Gasteiger partial charge in [-0.1, -0.05) is 15.9 Å². The van der Waals surface area contributed by atoms with Gasteiger partial charge in [0.15, 0.2) is 0 Å². The van der Waals surface area contributed by atoms with Crippen LogP contribution in [0.15, 0.2) is 28.1 Å². The lowest BCUT2D eigenvalue weighted by Crippen LogP contribution is -2.03. The Morgan fingerprint density at radius 2 is 2.33 bits per heavy atom. The maximum Gasteiger partial charge on any atom is 0.292 e. The second-order valence-corrected chi connectivity index (χ2v) is 5.61. The van der Waals surface area contributed by atoms with Crippen LogP contribution in [0.4, 0.5) is 11.4 Å². The summed E-state index contributed by atoms with van der Waals surface area (Å²) >= 11 is 4.86. The summed E-state index contributed by atoms with van der Waals surface area (Å²) in [5.41, 5.74) is 1.43. The van der Waals surface area contributed by atoms with Crippen LogP contribution in [0.3, 0.4) is 0 Å². The molecule has 2 aromatic rings. The normalized spacial score (nSPS) is 10.3. The molecule has 0 fully saturated rings. The van der Waals surface area contributed by atoms with E-state index in [2.05, 4.69) is 26.2 Å². The van der Waals surface area contributed by atoms with E-state index in [1.54, 1.807) is 23.5 Å². The van der Waals surface area contributed by atoms with Crippen molar-refractivity contribution in [2.45, 2.75) is 13.5 Å². The molecule has 0 amide bonds. The first kappa shape index (κ1) is 13.0. The van der Waals surface area contributed by atoms with E-state index in [0.29, 0.717) is 12.2 Å². The van der Waals surface area contributed by atoms with Crippen molar-refractivity contribution in [2.24, 2.45) is 0 Å². The van der Waals surface area contributed by atoms with Crippen LogP contribution >= 0.6 is 27.3 Å². The van der Waals surface area contributed by atoms with E-state index in [-0.39, 0.29) is 5.69 Å². The van der Waals surface area contributed by atoms with Crippen molar-refractivity contribution in [3.8, 4) is 0 Å². The summed E-state index contributed by atoms with van der Waals surface area (Å²) in [6.45, 7) is 2.40. The molecule has 0 aliphatic carbocycles. The highest BCUT2D eigenvalue weighted by atomic mass is 79.9. The number of hydrogen-bond acceptors (Lipinski definition) is 5. The van der Waals surface area contributed by atoms with Gasteiger partial charge in [0.25, 0.3) is 5.69 Å². The zero-order chi connectivity index (χ0) is 13.1. The molecule has 0 unspecified atom stereocenters. The van der Waals surface area contributed by atoms with Crippen LogP contribution in [0.25, 0.3) is 0 Å². The van der Waals surface area contributed by atoms with Crippen LogP contribution in [0.2, 0.25) is 0 Å². The molecule has 0 aliphatic heterocycles. The number of benzene rings is 1. The smallest absolute Gasteiger partial charge is 0.292 e. The summed E-state index contributed by atoms with van der Waals surface area (Å²) < 4.78 is 0.796. The lowest BCUT2D eigenvalue weighted by atomic mass is 10.2. The van der Waals surface area contributed by atoms with Gasteiger partial charge in [0.2, 0.25) is 0 Å². The number of nitrogens with zero attached hydrogens (tertiary/aromatic N) is 2. The Hall–Kier alpha value is -1.47. The molecule has 0 saturated heterocycles. The molecule has 5 nitrogen and oxygen atoms in total. The van der Waals surface area contributed by atoms with E-state index < -0.39 is 4.92 Å². The number of rotatable bonds is 4. The number of thiazole rings is 1. The highest BCUT2D eigenvalue weighted by molar-refractivity contribution is 9.10. The standard InChI is InChI=1S/C11H10BrN3O2S/c1-7-14-9(6-18-7)5-13-10-4-8(12)2-3-11(10)15(16)17/h2-4,6,13H,5H2,1H3. The van der Waals surface area contributed by atoms with E-state index in [4.69, 9.17) is 0 Å². The van der Waals surface area contributed by atoms with Gasteiger partial charge < -0.3 is 5.32 Å². The largest absolute Gasteiger partial charge is 0.374 e. The molecule has 0 radical (unpaired) electrons. The number of hydrogen-bond donors (Lipinski definition) is 1.